The van der Waals surface area contributed by atoms with Crippen molar-refractivity contribution < 1.29 is 38.6 Å². The fourth-order valence-corrected chi connectivity index (χ4v) is 5.86. The number of benzene rings is 2. The van der Waals surface area contributed by atoms with Crippen molar-refractivity contribution in [1.82, 2.24) is 4.90 Å². The van der Waals surface area contributed by atoms with Crippen LogP contribution in [0.3, 0.4) is 0 Å². The molecule has 9 nitrogen and oxygen atoms in total. The Morgan fingerprint density at radius 3 is 2.64 bits per heavy atom. The number of ether oxygens (including phenoxy) is 2. The summed E-state index contributed by atoms with van der Waals surface area (Å²) in [7, 11) is -0.282. The van der Waals surface area contributed by atoms with Gasteiger partial charge in [0, 0.05) is 10.0 Å². The molecule has 1 aliphatic carbocycles. The Morgan fingerprint density at radius 2 is 1.92 bits per heavy atom. The molecule has 11 heteroatoms. The number of imide groups is 3. The summed E-state index contributed by atoms with van der Waals surface area (Å²) in [5, 5.41) is 21.6. The lowest BCUT2D eigenvalue weighted by atomic mass is 9.55. The van der Waals surface area contributed by atoms with E-state index < -0.39 is 48.9 Å². The molecule has 0 spiro atoms. The number of carbonyl (C=O) groups excluding carboxylic acids is 3. The van der Waals surface area contributed by atoms with Crippen LogP contribution in [0.2, 0.25) is 0 Å². The average Bonchev–Trinajstić information content (AvgIpc) is 3.13. The second-order valence-electron chi connectivity index (χ2n) is 9.00. The van der Waals surface area contributed by atoms with E-state index in [1.54, 1.807) is 24.3 Å². The van der Waals surface area contributed by atoms with Crippen LogP contribution in [-0.2, 0) is 19.0 Å². The summed E-state index contributed by atoms with van der Waals surface area (Å²) in [6.07, 6.45) is -1.44. The maximum absolute atomic E-state index is 13.3. The van der Waals surface area contributed by atoms with Crippen molar-refractivity contribution >= 4 is 41.0 Å². The van der Waals surface area contributed by atoms with Gasteiger partial charge in [-0.15, -0.1) is 0 Å². The fourth-order valence-electron chi connectivity index (χ4n) is 5.49. The Labute approximate surface area is 215 Å². The highest BCUT2D eigenvalue weighted by Crippen LogP contribution is 2.52. The fraction of sp³-hybridized carbons (Fsp3) is 0.320. The largest absolute Gasteiger partial charge is 0.508 e. The van der Waals surface area contributed by atoms with Gasteiger partial charge in [0.05, 0.1) is 25.0 Å². The monoisotopic (exact) mass is 555 g/mol. The van der Waals surface area contributed by atoms with Gasteiger partial charge in [-0.2, -0.15) is 4.90 Å². The first-order chi connectivity index (χ1) is 17.3. The molecule has 186 valence electrons. The highest BCUT2D eigenvalue weighted by Gasteiger charge is 2.59. The van der Waals surface area contributed by atoms with Crippen LogP contribution in [0, 0.1) is 17.8 Å². The normalized spacial score (nSPS) is 25.5. The second-order valence-corrected chi connectivity index (χ2v) is 9.92. The van der Waals surface area contributed by atoms with Crippen LogP contribution in [0.25, 0.3) is 0 Å². The van der Waals surface area contributed by atoms with E-state index in [1.807, 2.05) is 18.2 Å². The van der Waals surface area contributed by atoms with Crippen molar-refractivity contribution in [2.75, 3.05) is 13.7 Å². The number of para-hydroxylation sites is 1. The number of fused-ring (bicyclic) bond motifs is 3. The summed E-state index contributed by atoms with van der Waals surface area (Å²) < 4.78 is 17.2. The predicted octanol–water partition coefficient (Wildman–Crippen LogP) is 3.40. The molecule has 0 radical (unpaired) electrons. The van der Waals surface area contributed by atoms with Crippen molar-refractivity contribution in [3.63, 3.8) is 0 Å². The Morgan fingerprint density at radius 1 is 1.17 bits per heavy atom. The Balaban J connectivity index is 1.54. The molecular formula is C25H23BBrNO8. The number of rotatable bonds is 4. The minimum Gasteiger partial charge on any atom is -0.508 e. The van der Waals surface area contributed by atoms with E-state index >= 15 is 0 Å². The molecule has 0 aromatic heterocycles. The van der Waals surface area contributed by atoms with Crippen LogP contribution in [0.4, 0.5) is 4.79 Å². The summed E-state index contributed by atoms with van der Waals surface area (Å²) in [5.74, 6) is -2.99. The zero-order valence-corrected chi connectivity index (χ0v) is 20.9. The van der Waals surface area contributed by atoms with Crippen LogP contribution >= 0.6 is 15.9 Å². The Bertz CT molecular complexity index is 1250. The lowest BCUT2D eigenvalue weighted by Gasteiger charge is -2.42. The summed E-state index contributed by atoms with van der Waals surface area (Å²) in [4.78, 5) is 39.3. The molecule has 2 aliphatic heterocycles. The molecule has 2 aromatic carbocycles. The first-order valence-corrected chi connectivity index (χ1v) is 12.3. The number of aromatic hydroxyl groups is 1. The highest BCUT2D eigenvalue weighted by molar-refractivity contribution is 9.10. The number of methoxy groups -OCH3 is 1. The van der Waals surface area contributed by atoms with Gasteiger partial charge < -0.3 is 24.3 Å². The standard InChI is InChI=1S/C25H23BBrNO8/c1-34-25(32)28-23(30)18-9-13(12-35-15-5-3-2-4-6-15)22-17(21(18)24(28)31)11-20(36-26(22)33)16-10-14(27)7-8-19(16)29/h2-8,10,17-18,20-21,29,33H,9,11-12H2,1H3/t17-,18-,20-,21+/m0/s1. The van der Waals surface area contributed by atoms with Gasteiger partial charge in [0.15, 0.2) is 0 Å². The van der Waals surface area contributed by atoms with Crippen LogP contribution in [-0.4, -0.2) is 53.8 Å². The van der Waals surface area contributed by atoms with Gasteiger partial charge in [0.1, 0.15) is 18.1 Å². The summed E-state index contributed by atoms with van der Waals surface area (Å²) >= 11 is 3.38. The van der Waals surface area contributed by atoms with Gasteiger partial charge in [-0.3, -0.25) is 9.59 Å². The number of nitrogens with zero attached hydrogens (tertiary/aromatic N) is 1. The topological polar surface area (TPSA) is 123 Å². The number of halogens is 1. The molecular weight excluding hydrogens is 533 g/mol. The van der Waals surface area contributed by atoms with Gasteiger partial charge in [0.2, 0.25) is 11.8 Å². The minimum atomic E-state index is -1.39. The van der Waals surface area contributed by atoms with Crippen molar-refractivity contribution in [1.29, 1.82) is 0 Å². The molecule has 3 aliphatic rings. The maximum atomic E-state index is 13.3. The highest BCUT2D eigenvalue weighted by atomic mass is 79.9. The van der Waals surface area contributed by atoms with Crippen LogP contribution in [0.5, 0.6) is 11.5 Å². The molecule has 0 bridgehead atoms. The average molecular weight is 556 g/mol. The Hall–Kier alpha value is -3.15. The SMILES string of the molecule is COC(=O)N1C(=O)[C@H]2[C@H](CC(COc3ccccc3)=C3B(O)O[C@H](c4cc(Br)ccc4O)C[C@H]32)C1=O. The molecule has 3 amide bonds. The van der Waals surface area contributed by atoms with E-state index in [-0.39, 0.29) is 25.2 Å². The lowest BCUT2D eigenvalue weighted by molar-refractivity contribution is -0.137. The zero-order chi connectivity index (χ0) is 25.6. The van der Waals surface area contributed by atoms with Crippen molar-refractivity contribution in [3.8, 4) is 11.5 Å². The molecule has 4 atom stereocenters. The third kappa shape index (κ3) is 4.21. The molecule has 2 N–H and O–H groups in total. The lowest BCUT2D eigenvalue weighted by Crippen LogP contribution is -2.45. The van der Waals surface area contributed by atoms with Crippen LogP contribution < -0.4 is 4.74 Å². The van der Waals surface area contributed by atoms with Crippen molar-refractivity contribution in [2.45, 2.75) is 18.9 Å². The van der Waals surface area contributed by atoms with Crippen molar-refractivity contribution in [3.05, 3.63) is 69.6 Å². The van der Waals surface area contributed by atoms with Gasteiger partial charge in [-0.1, -0.05) is 34.1 Å². The molecule has 2 fully saturated rings. The van der Waals surface area contributed by atoms with E-state index in [1.165, 1.54) is 6.07 Å². The van der Waals surface area contributed by atoms with E-state index in [9.17, 15) is 24.5 Å². The minimum absolute atomic E-state index is 0.0205. The first kappa shape index (κ1) is 24.5. The third-order valence-corrected chi connectivity index (χ3v) is 7.55. The quantitative estimate of drug-likeness (QED) is 0.435. The molecule has 0 unspecified atom stereocenters. The number of allylic oxidation sites excluding steroid dienone is 1. The molecule has 2 saturated heterocycles. The number of hydrogen-bond acceptors (Lipinski definition) is 8. The molecule has 0 saturated carbocycles. The van der Waals surface area contributed by atoms with Gasteiger partial charge in [-0.05, 0) is 60.1 Å². The molecule has 5 rings (SSSR count). The number of likely N-dealkylation sites (tertiary alicyclic amines) is 1. The zero-order valence-electron chi connectivity index (χ0n) is 19.3. The number of phenolic OH excluding ortho intramolecular Hbond substituents is 1. The summed E-state index contributed by atoms with van der Waals surface area (Å²) in [6.45, 7) is 0.0754. The number of hydrogen-bond donors (Lipinski definition) is 2. The van der Waals surface area contributed by atoms with Gasteiger partial charge >= 0.3 is 13.2 Å². The Kier molecular flexibility index (Phi) is 6.63. The van der Waals surface area contributed by atoms with Crippen LogP contribution in [0.1, 0.15) is 24.5 Å². The molecule has 36 heavy (non-hydrogen) atoms. The van der Waals surface area contributed by atoms with E-state index in [4.69, 9.17) is 9.39 Å². The number of carbonyl (C=O) groups is 3. The van der Waals surface area contributed by atoms with Gasteiger partial charge in [-0.25, -0.2) is 4.79 Å². The first-order valence-electron chi connectivity index (χ1n) is 11.5. The smallest absolute Gasteiger partial charge is 0.487 e. The molecule has 2 heterocycles. The summed E-state index contributed by atoms with van der Waals surface area (Å²) in [5.41, 5.74) is 1.56. The van der Waals surface area contributed by atoms with E-state index in [0.717, 1.165) is 7.11 Å². The van der Waals surface area contributed by atoms with E-state index in [2.05, 4.69) is 20.7 Å². The maximum Gasteiger partial charge on any atom is 0.487 e. The number of phenols is 1. The molecule has 2 aromatic rings. The summed E-state index contributed by atoms with van der Waals surface area (Å²) in [6, 6.07) is 14.0. The van der Waals surface area contributed by atoms with Gasteiger partial charge in [0.25, 0.3) is 0 Å². The van der Waals surface area contributed by atoms with Crippen LogP contribution in [0.15, 0.2) is 64.0 Å². The van der Waals surface area contributed by atoms with Crippen molar-refractivity contribution in [2.24, 2.45) is 17.8 Å². The second kappa shape index (κ2) is 9.72. The van der Waals surface area contributed by atoms with E-state index in [0.29, 0.717) is 31.7 Å². The third-order valence-electron chi connectivity index (χ3n) is 7.06. The predicted molar refractivity (Wildman–Crippen MR) is 131 cm³/mol. The number of amides is 3.